The third-order valence-corrected chi connectivity index (χ3v) is 4.64. The molecule has 6 heteroatoms. The van der Waals surface area contributed by atoms with Crippen molar-refractivity contribution in [2.24, 2.45) is 0 Å². The summed E-state index contributed by atoms with van der Waals surface area (Å²) >= 11 is 0. The van der Waals surface area contributed by atoms with Crippen LogP contribution < -0.4 is 10.0 Å². The maximum Gasteiger partial charge on any atom is 0.241 e. The van der Waals surface area contributed by atoms with Gasteiger partial charge in [0.15, 0.2) is 0 Å². The molecule has 0 spiro atoms. The minimum Gasteiger partial charge on any atom is -0.313 e. The summed E-state index contributed by atoms with van der Waals surface area (Å²) in [6, 6.07) is 3.67. The van der Waals surface area contributed by atoms with Gasteiger partial charge in [0.1, 0.15) is 5.82 Å². The van der Waals surface area contributed by atoms with E-state index in [0.717, 1.165) is 31.1 Å². The zero-order valence-corrected chi connectivity index (χ0v) is 11.6. The monoisotopic (exact) mass is 284 g/mol. The molecule has 0 atom stereocenters. The SMILES string of the molecule is Cc1cc(F)ccc1S(=O)(=O)NCC1=CCNCC1. The Bertz CT molecular complexity index is 597. The minimum atomic E-state index is -3.58. The van der Waals surface area contributed by atoms with E-state index in [9.17, 15) is 12.8 Å². The van der Waals surface area contributed by atoms with Crippen LogP contribution in [0.25, 0.3) is 0 Å². The van der Waals surface area contributed by atoms with Crippen LogP contribution in [0.4, 0.5) is 4.39 Å². The predicted molar refractivity (Wildman–Crippen MR) is 71.9 cm³/mol. The maximum atomic E-state index is 13.0. The van der Waals surface area contributed by atoms with Gasteiger partial charge in [-0.25, -0.2) is 17.5 Å². The van der Waals surface area contributed by atoms with E-state index in [-0.39, 0.29) is 4.90 Å². The highest BCUT2D eigenvalue weighted by atomic mass is 32.2. The van der Waals surface area contributed by atoms with Crippen LogP contribution in [0.3, 0.4) is 0 Å². The molecule has 0 aliphatic carbocycles. The molecule has 0 saturated heterocycles. The van der Waals surface area contributed by atoms with Gasteiger partial charge in [-0.05, 0) is 43.7 Å². The summed E-state index contributed by atoms with van der Waals surface area (Å²) in [5, 5.41) is 3.16. The number of hydrogen-bond donors (Lipinski definition) is 2. The molecule has 0 amide bonds. The molecule has 19 heavy (non-hydrogen) atoms. The van der Waals surface area contributed by atoms with Crippen molar-refractivity contribution in [2.75, 3.05) is 19.6 Å². The van der Waals surface area contributed by atoms with Gasteiger partial charge in [0, 0.05) is 13.1 Å². The summed E-state index contributed by atoms with van der Waals surface area (Å²) < 4.78 is 39.8. The Balaban J connectivity index is 2.11. The normalized spacial score (nSPS) is 16.2. The summed E-state index contributed by atoms with van der Waals surface area (Å²) in [4.78, 5) is 0.128. The lowest BCUT2D eigenvalue weighted by Crippen LogP contribution is -2.30. The summed E-state index contributed by atoms with van der Waals surface area (Å²) in [7, 11) is -3.58. The van der Waals surface area contributed by atoms with Crippen molar-refractivity contribution in [1.29, 1.82) is 0 Å². The van der Waals surface area contributed by atoms with Gasteiger partial charge in [0.2, 0.25) is 10.0 Å². The van der Waals surface area contributed by atoms with E-state index >= 15 is 0 Å². The zero-order chi connectivity index (χ0) is 13.9. The fraction of sp³-hybridized carbons (Fsp3) is 0.385. The van der Waals surface area contributed by atoms with Crippen LogP contribution in [0.1, 0.15) is 12.0 Å². The van der Waals surface area contributed by atoms with Gasteiger partial charge in [-0.1, -0.05) is 11.6 Å². The number of benzene rings is 1. The molecule has 4 nitrogen and oxygen atoms in total. The van der Waals surface area contributed by atoms with Crippen LogP contribution in [0.5, 0.6) is 0 Å². The maximum absolute atomic E-state index is 13.0. The molecule has 104 valence electrons. The van der Waals surface area contributed by atoms with E-state index in [0.29, 0.717) is 12.1 Å². The average molecular weight is 284 g/mol. The lowest BCUT2D eigenvalue weighted by molar-refractivity contribution is 0.580. The Morgan fingerprint density at radius 3 is 2.84 bits per heavy atom. The van der Waals surface area contributed by atoms with Crippen molar-refractivity contribution in [3.8, 4) is 0 Å². The van der Waals surface area contributed by atoms with Gasteiger partial charge in [0.05, 0.1) is 4.90 Å². The lowest BCUT2D eigenvalue weighted by Gasteiger charge is -2.15. The molecule has 2 N–H and O–H groups in total. The Kier molecular flexibility index (Phi) is 4.34. The van der Waals surface area contributed by atoms with Gasteiger partial charge in [-0.3, -0.25) is 0 Å². The minimum absolute atomic E-state index is 0.128. The van der Waals surface area contributed by atoms with Crippen LogP contribution in [0, 0.1) is 12.7 Å². The summed E-state index contributed by atoms with van der Waals surface area (Å²) in [5.41, 5.74) is 1.48. The van der Waals surface area contributed by atoms with Crippen LogP contribution in [0.2, 0.25) is 0 Å². The quantitative estimate of drug-likeness (QED) is 0.820. The number of nitrogens with one attached hydrogen (secondary N) is 2. The van der Waals surface area contributed by atoms with Crippen LogP contribution in [-0.2, 0) is 10.0 Å². The molecule has 0 fully saturated rings. The first-order valence-electron chi connectivity index (χ1n) is 6.13. The fourth-order valence-corrected chi connectivity index (χ4v) is 3.27. The molecular weight excluding hydrogens is 267 g/mol. The number of aryl methyl sites for hydroxylation is 1. The largest absolute Gasteiger partial charge is 0.313 e. The first-order valence-corrected chi connectivity index (χ1v) is 7.62. The number of rotatable bonds is 4. The molecule has 1 aliphatic rings. The number of hydrogen-bond acceptors (Lipinski definition) is 3. The Morgan fingerprint density at radius 1 is 1.42 bits per heavy atom. The number of halogens is 1. The third kappa shape index (κ3) is 3.62. The van der Waals surface area contributed by atoms with E-state index < -0.39 is 15.8 Å². The topological polar surface area (TPSA) is 58.2 Å². The van der Waals surface area contributed by atoms with Gasteiger partial charge in [-0.2, -0.15) is 0 Å². The van der Waals surface area contributed by atoms with Gasteiger partial charge in [0.25, 0.3) is 0 Å². The molecule has 0 saturated carbocycles. The second kappa shape index (κ2) is 5.81. The first kappa shape index (κ1) is 14.2. The zero-order valence-electron chi connectivity index (χ0n) is 10.7. The third-order valence-electron chi connectivity index (χ3n) is 3.07. The van der Waals surface area contributed by atoms with E-state index in [1.807, 2.05) is 6.08 Å². The molecule has 1 aliphatic heterocycles. The van der Waals surface area contributed by atoms with Gasteiger partial charge in [-0.15, -0.1) is 0 Å². The molecule has 0 bridgehead atoms. The van der Waals surface area contributed by atoms with Crippen molar-refractivity contribution < 1.29 is 12.8 Å². The van der Waals surface area contributed by atoms with Gasteiger partial charge >= 0.3 is 0 Å². The van der Waals surface area contributed by atoms with Crippen molar-refractivity contribution in [3.05, 3.63) is 41.2 Å². The molecule has 1 heterocycles. The molecule has 0 unspecified atom stereocenters. The lowest BCUT2D eigenvalue weighted by atomic mass is 10.1. The second-order valence-corrected chi connectivity index (χ2v) is 6.29. The van der Waals surface area contributed by atoms with E-state index in [1.54, 1.807) is 6.92 Å². The highest BCUT2D eigenvalue weighted by Gasteiger charge is 2.17. The predicted octanol–water partition coefficient (Wildman–Crippen LogP) is 1.33. The molecular formula is C13H17FN2O2S. The van der Waals surface area contributed by atoms with Crippen molar-refractivity contribution in [3.63, 3.8) is 0 Å². The Labute approximate surface area is 112 Å². The summed E-state index contributed by atoms with van der Waals surface area (Å²) in [5.74, 6) is -0.433. The van der Waals surface area contributed by atoms with Crippen LogP contribution >= 0.6 is 0 Å². The van der Waals surface area contributed by atoms with Crippen LogP contribution in [-0.4, -0.2) is 28.1 Å². The summed E-state index contributed by atoms with van der Waals surface area (Å²) in [6.07, 6.45) is 2.83. The Hall–Kier alpha value is -1.24. The molecule has 1 aromatic rings. The highest BCUT2D eigenvalue weighted by Crippen LogP contribution is 2.16. The van der Waals surface area contributed by atoms with E-state index in [2.05, 4.69) is 10.0 Å². The van der Waals surface area contributed by atoms with E-state index in [1.165, 1.54) is 12.1 Å². The fourth-order valence-electron chi connectivity index (χ4n) is 2.01. The highest BCUT2D eigenvalue weighted by molar-refractivity contribution is 7.89. The number of sulfonamides is 1. The first-order chi connectivity index (χ1) is 8.99. The van der Waals surface area contributed by atoms with Crippen molar-refractivity contribution in [1.82, 2.24) is 10.0 Å². The van der Waals surface area contributed by atoms with E-state index in [4.69, 9.17) is 0 Å². The van der Waals surface area contributed by atoms with Crippen LogP contribution in [0.15, 0.2) is 34.7 Å². The average Bonchev–Trinajstić information content (AvgIpc) is 2.37. The standard InChI is InChI=1S/C13H17FN2O2S/c1-10-8-12(14)2-3-13(10)19(17,18)16-9-11-4-6-15-7-5-11/h2-4,8,15-16H,5-7,9H2,1H3. The van der Waals surface area contributed by atoms with Crippen molar-refractivity contribution in [2.45, 2.75) is 18.2 Å². The second-order valence-electron chi connectivity index (χ2n) is 4.55. The molecule has 2 rings (SSSR count). The molecule has 1 aromatic carbocycles. The smallest absolute Gasteiger partial charge is 0.241 e. The summed E-state index contributed by atoms with van der Waals surface area (Å²) in [6.45, 7) is 3.53. The Morgan fingerprint density at radius 2 is 2.21 bits per heavy atom. The molecule has 0 radical (unpaired) electrons. The van der Waals surface area contributed by atoms with Crippen molar-refractivity contribution >= 4 is 10.0 Å². The van der Waals surface area contributed by atoms with Gasteiger partial charge < -0.3 is 5.32 Å². The molecule has 0 aromatic heterocycles.